The first kappa shape index (κ1) is 16.1. The molecule has 0 radical (unpaired) electrons. The van der Waals surface area contributed by atoms with Crippen molar-refractivity contribution < 1.29 is 4.79 Å². The second-order valence-corrected chi connectivity index (χ2v) is 7.30. The highest BCUT2D eigenvalue weighted by molar-refractivity contribution is 6.07. The molecule has 1 amide bonds. The fourth-order valence-electron chi connectivity index (χ4n) is 3.72. The Bertz CT molecular complexity index is 1000. The first-order valence-electron chi connectivity index (χ1n) is 9.42. The van der Waals surface area contributed by atoms with Gasteiger partial charge in [-0.05, 0) is 55.5 Å². The minimum Gasteiger partial charge on any atom is -0.398 e. The van der Waals surface area contributed by atoms with E-state index in [0.717, 1.165) is 41.2 Å². The van der Waals surface area contributed by atoms with Crippen LogP contribution < -0.4 is 10.6 Å². The number of aromatic nitrogens is 3. The lowest BCUT2D eigenvalue weighted by Gasteiger charge is -2.30. The van der Waals surface area contributed by atoms with Crippen molar-refractivity contribution in [3.63, 3.8) is 0 Å². The first-order chi connectivity index (χ1) is 13.2. The van der Waals surface area contributed by atoms with E-state index in [2.05, 4.69) is 15.2 Å². The summed E-state index contributed by atoms with van der Waals surface area (Å²) in [6, 6.07) is 13.3. The second-order valence-electron chi connectivity index (χ2n) is 7.30. The van der Waals surface area contributed by atoms with Crippen LogP contribution >= 0.6 is 0 Å². The van der Waals surface area contributed by atoms with E-state index >= 15 is 0 Å². The van der Waals surface area contributed by atoms with Crippen molar-refractivity contribution in [1.82, 2.24) is 15.2 Å². The molecule has 1 aliphatic heterocycles. The topological polar surface area (TPSA) is 87.9 Å². The predicted octanol–water partition coefficient (Wildman–Crippen LogP) is 3.52. The summed E-state index contributed by atoms with van der Waals surface area (Å²) in [5.74, 6) is 2.19. The number of carbonyl (C=O) groups is 1. The normalized spacial score (nSPS) is 16.2. The highest BCUT2D eigenvalue weighted by Gasteiger charge is 2.27. The van der Waals surface area contributed by atoms with Crippen LogP contribution in [-0.2, 0) is 6.42 Å². The van der Waals surface area contributed by atoms with Gasteiger partial charge in [0, 0.05) is 35.0 Å². The van der Waals surface area contributed by atoms with Gasteiger partial charge in [0.05, 0.1) is 0 Å². The number of benzene rings is 2. The number of H-pyrrole nitrogens is 1. The van der Waals surface area contributed by atoms with Crippen LogP contribution in [0.15, 0.2) is 42.5 Å². The number of nitrogens with zero attached hydrogens (tertiary/aromatic N) is 3. The van der Waals surface area contributed by atoms with Gasteiger partial charge < -0.3 is 10.6 Å². The fraction of sp³-hybridized carbons (Fsp3) is 0.286. The van der Waals surface area contributed by atoms with Gasteiger partial charge in [0.15, 0.2) is 5.82 Å². The molecule has 136 valence electrons. The Kier molecular flexibility index (Phi) is 3.70. The van der Waals surface area contributed by atoms with Crippen LogP contribution in [0, 0.1) is 0 Å². The van der Waals surface area contributed by atoms with Crippen molar-refractivity contribution in [2.75, 3.05) is 17.2 Å². The fourth-order valence-corrected chi connectivity index (χ4v) is 3.72. The molecule has 6 heteroatoms. The van der Waals surface area contributed by atoms with E-state index in [0.29, 0.717) is 23.9 Å². The molecular weight excluding hydrogens is 338 g/mol. The number of fused-ring (bicyclic) bond motifs is 1. The number of aromatic amines is 1. The molecule has 0 unspecified atom stereocenters. The molecule has 1 fully saturated rings. The zero-order valence-corrected chi connectivity index (χ0v) is 15.0. The molecule has 0 saturated heterocycles. The molecule has 0 atom stereocenters. The van der Waals surface area contributed by atoms with Crippen LogP contribution in [0.1, 0.15) is 46.9 Å². The summed E-state index contributed by atoms with van der Waals surface area (Å²) in [5.41, 5.74) is 10.4. The molecule has 1 saturated carbocycles. The number of hydrogen-bond acceptors (Lipinski definition) is 4. The summed E-state index contributed by atoms with van der Waals surface area (Å²) in [6.07, 6.45) is 4.21. The van der Waals surface area contributed by atoms with Crippen molar-refractivity contribution in [1.29, 1.82) is 0 Å². The van der Waals surface area contributed by atoms with Crippen molar-refractivity contribution in [3.05, 3.63) is 59.4 Å². The molecule has 3 N–H and O–H groups in total. The van der Waals surface area contributed by atoms with Gasteiger partial charge in [0.25, 0.3) is 5.91 Å². The molecule has 0 bridgehead atoms. The van der Waals surface area contributed by atoms with E-state index < -0.39 is 0 Å². The number of rotatable bonds is 3. The third-order valence-corrected chi connectivity index (χ3v) is 5.39. The van der Waals surface area contributed by atoms with Crippen molar-refractivity contribution in [2.45, 2.75) is 31.6 Å². The van der Waals surface area contributed by atoms with E-state index in [1.54, 1.807) is 0 Å². The Morgan fingerprint density at radius 1 is 1.15 bits per heavy atom. The van der Waals surface area contributed by atoms with Crippen LogP contribution in [0.3, 0.4) is 0 Å². The van der Waals surface area contributed by atoms with E-state index in [-0.39, 0.29) is 5.91 Å². The number of carbonyl (C=O) groups excluding carboxylic acids is 1. The van der Waals surface area contributed by atoms with Gasteiger partial charge in [0.1, 0.15) is 5.82 Å². The maximum Gasteiger partial charge on any atom is 0.258 e. The SMILES string of the molecule is Nc1cccc2c1CCCN2C(=O)c1ccc(-c2n[nH]c(C3CC3)n2)cc1. The Balaban J connectivity index is 1.40. The summed E-state index contributed by atoms with van der Waals surface area (Å²) in [7, 11) is 0. The van der Waals surface area contributed by atoms with Gasteiger partial charge in [-0.25, -0.2) is 4.98 Å². The van der Waals surface area contributed by atoms with Gasteiger partial charge >= 0.3 is 0 Å². The minimum atomic E-state index is 0.00163. The van der Waals surface area contributed by atoms with Gasteiger partial charge in [0.2, 0.25) is 0 Å². The number of hydrogen-bond donors (Lipinski definition) is 2. The lowest BCUT2D eigenvalue weighted by atomic mass is 9.99. The van der Waals surface area contributed by atoms with E-state index in [1.165, 1.54) is 12.8 Å². The first-order valence-corrected chi connectivity index (χ1v) is 9.42. The highest BCUT2D eigenvalue weighted by Crippen LogP contribution is 2.38. The maximum atomic E-state index is 13.1. The Morgan fingerprint density at radius 3 is 2.74 bits per heavy atom. The molecule has 2 heterocycles. The van der Waals surface area contributed by atoms with Crippen molar-refractivity contribution in [2.24, 2.45) is 0 Å². The number of nitrogens with one attached hydrogen (secondary N) is 1. The summed E-state index contributed by atoms with van der Waals surface area (Å²) >= 11 is 0. The largest absolute Gasteiger partial charge is 0.398 e. The van der Waals surface area contributed by atoms with Crippen molar-refractivity contribution >= 4 is 17.3 Å². The third kappa shape index (κ3) is 2.87. The Morgan fingerprint density at radius 2 is 1.96 bits per heavy atom. The van der Waals surface area contributed by atoms with Gasteiger partial charge in [-0.1, -0.05) is 18.2 Å². The molecule has 5 rings (SSSR count). The summed E-state index contributed by atoms with van der Waals surface area (Å²) in [4.78, 5) is 19.5. The monoisotopic (exact) mass is 359 g/mol. The number of amides is 1. The highest BCUT2D eigenvalue weighted by atomic mass is 16.2. The Labute approximate surface area is 157 Å². The standard InChI is InChI=1S/C21H21N5O/c22-17-4-1-5-18-16(17)3-2-12-26(18)21(27)15-10-8-14(9-11-15)20-23-19(24-25-20)13-6-7-13/h1,4-5,8-11,13H,2-3,6-7,12,22H2,(H,23,24,25). The summed E-state index contributed by atoms with van der Waals surface area (Å²) in [5, 5.41) is 7.33. The molecule has 0 spiro atoms. The quantitative estimate of drug-likeness (QED) is 0.700. The summed E-state index contributed by atoms with van der Waals surface area (Å²) < 4.78 is 0. The summed E-state index contributed by atoms with van der Waals surface area (Å²) in [6.45, 7) is 0.711. The molecule has 3 aromatic rings. The predicted molar refractivity (Wildman–Crippen MR) is 105 cm³/mol. The van der Waals surface area contributed by atoms with Crippen LogP contribution in [0.2, 0.25) is 0 Å². The third-order valence-electron chi connectivity index (χ3n) is 5.39. The smallest absolute Gasteiger partial charge is 0.258 e. The average Bonchev–Trinajstić information content (AvgIpc) is 3.44. The number of nitrogens with two attached hydrogens (primary N) is 1. The lowest BCUT2D eigenvalue weighted by molar-refractivity contribution is 0.0985. The van der Waals surface area contributed by atoms with Crippen LogP contribution in [-0.4, -0.2) is 27.6 Å². The number of nitrogen functional groups attached to an aromatic ring is 1. The second kappa shape index (κ2) is 6.23. The van der Waals surface area contributed by atoms with Crippen molar-refractivity contribution in [3.8, 4) is 11.4 Å². The van der Waals surface area contributed by atoms with E-state index in [1.807, 2.05) is 47.4 Å². The zero-order chi connectivity index (χ0) is 18.4. The number of anilines is 2. The van der Waals surface area contributed by atoms with Crippen LogP contribution in [0.4, 0.5) is 11.4 Å². The van der Waals surface area contributed by atoms with Crippen LogP contribution in [0.25, 0.3) is 11.4 Å². The average molecular weight is 359 g/mol. The molecule has 1 aromatic heterocycles. The zero-order valence-electron chi connectivity index (χ0n) is 15.0. The molecule has 2 aromatic carbocycles. The van der Waals surface area contributed by atoms with Gasteiger partial charge in [-0.2, -0.15) is 5.10 Å². The van der Waals surface area contributed by atoms with E-state index in [4.69, 9.17) is 5.73 Å². The van der Waals surface area contributed by atoms with Gasteiger partial charge in [-0.3, -0.25) is 9.89 Å². The van der Waals surface area contributed by atoms with Gasteiger partial charge in [-0.15, -0.1) is 0 Å². The molecule has 2 aliphatic rings. The minimum absolute atomic E-state index is 0.00163. The Hall–Kier alpha value is -3.15. The molecular formula is C21H21N5O. The van der Waals surface area contributed by atoms with E-state index in [9.17, 15) is 4.79 Å². The molecule has 1 aliphatic carbocycles. The lowest BCUT2D eigenvalue weighted by Crippen LogP contribution is -2.35. The molecule has 27 heavy (non-hydrogen) atoms. The molecule has 6 nitrogen and oxygen atoms in total. The van der Waals surface area contributed by atoms with Crippen LogP contribution in [0.5, 0.6) is 0 Å². The maximum absolute atomic E-state index is 13.1.